The van der Waals surface area contributed by atoms with Crippen LogP contribution >= 0.6 is 27.5 Å². The Hall–Kier alpha value is -0.930. The third-order valence-electron chi connectivity index (χ3n) is 2.30. The summed E-state index contributed by atoms with van der Waals surface area (Å²) in [6, 6.07) is 7.63. The lowest BCUT2D eigenvalue weighted by molar-refractivity contribution is 0.412. The van der Waals surface area contributed by atoms with Crippen LogP contribution in [0.4, 0.5) is 0 Å². The number of benzene rings is 1. The van der Waals surface area contributed by atoms with E-state index < -0.39 is 0 Å². The summed E-state index contributed by atoms with van der Waals surface area (Å²) in [7, 11) is 1.63. The highest BCUT2D eigenvalue weighted by molar-refractivity contribution is 9.10. The summed E-state index contributed by atoms with van der Waals surface area (Å²) < 4.78 is 11.1. The Morgan fingerprint density at radius 3 is 2.69 bits per heavy atom. The van der Waals surface area contributed by atoms with Crippen molar-refractivity contribution < 1.29 is 9.15 Å². The van der Waals surface area contributed by atoms with Crippen molar-refractivity contribution in [1.82, 2.24) is 0 Å². The largest absolute Gasteiger partial charge is 0.496 e. The van der Waals surface area contributed by atoms with E-state index in [0.717, 1.165) is 21.3 Å². The second-order valence-electron chi connectivity index (χ2n) is 3.31. The summed E-state index contributed by atoms with van der Waals surface area (Å²) in [4.78, 5) is 0. The van der Waals surface area contributed by atoms with Crippen LogP contribution in [-0.2, 0) is 0 Å². The third-order valence-corrected chi connectivity index (χ3v) is 3.43. The first kappa shape index (κ1) is 11.6. The highest BCUT2D eigenvalue weighted by atomic mass is 79.9. The first-order chi connectivity index (χ1) is 7.72. The molecule has 4 heteroatoms. The lowest BCUT2D eigenvalue weighted by Gasteiger charge is -2.10. The van der Waals surface area contributed by atoms with Crippen molar-refractivity contribution in [3.05, 3.63) is 52.4 Å². The number of hydrogen-bond acceptors (Lipinski definition) is 2. The van der Waals surface area contributed by atoms with Gasteiger partial charge in [0.15, 0.2) is 0 Å². The molecule has 0 aliphatic carbocycles. The van der Waals surface area contributed by atoms with Crippen LogP contribution in [0.3, 0.4) is 0 Å². The van der Waals surface area contributed by atoms with E-state index >= 15 is 0 Å². The van der Waals surface area contributed by atoms with E-state index in [-0.39, 0.29) is 5.38 Å². The quantitative estimate of drug-likeness (QED) is 0.785. The van der Waals surface area contributed by atoms with Crippen molar-refractivity contribution in [2.45, 2.75) is 5.38 Å². The van der Waals surface area contributed by atoms with E-state index in [1.165, 1.54) is 0 Å². The normalized spacial score (nSPS) is 12.4. The molecule has 2 aromatic rings. The molecule has 0 aliphatic rings. The number of ether oxygens (including phenoxy) is 1. The van der Waals surface area contributed by atoms with E-state index in [4.69, 9.17) is 20.8 Å². The maximum Gasteiger partial charge on any atom is 0.133 e. The van der Waals surface area contributed by atoms with Crippen LogP contribution in [-0.4, -0.2) is 7.11 Å². The summed E-state index contributed by atoms with van der Waals surface area (Å²) in [5.41, 5.74) is 1.94. The molecule has 1 unspecified atom stereocenters. The SMILES string of the molecule is COc1ccc(C(Cl)c2ccoc2)cc1Br. The highest BCUT2D eigenvalue weighted by Gasteiger charge is 2.13. The van der Waals surface area contributed by atoms with Crippen molar-refractivity contribution in [3.63, 3.8) is 0 Å². The van der Waals surface area contributed by atoms with E-state index in [1.54, 1.807) is 19.6 Å². The van der Waals surface area contributed by atoms with Gasteiger partial charge in [-0.15, -0.1) is 11.6 Å². The number of hydrogen-bond donors (Lipinski definition) is 0. The van der Waals surface area contributed by atoms with Crippen LogP contribution in [0.15, 0.2) is 45.7 Å². The Labute approximate surface area is 107 Å². The minimum absolute atomic E-state index is 0.207. The topological polar surface area (TPSA) is 22.4 Å². The van der Waals surface area contributed by atoms with Gasteiger partial charge in [-0.2, -0.15) is 0 Å². The van der Waals surface area contributed by atoms with Gasteiger partial charge in [0.2, 0.25) is 0 Å². The molecule has 84 valence electrons. The lowest BCUT2D eigenvalue weighted by atomic mass is 10.1. The van der Waals surface area contributed by atoms with E-state index in [2.05, 4.69) is 15.9 Å². The van der Waals surface area contributed by atoms with Crippen molar-refractivity contribution >= 4 is 27.5 Å². The Kier molecular flexibility index (Phi) is 3.56. The van der Waals surface area contributed by atoms with Gasteiger partial charge in [-0.05, 0) is 39.7 Å². The molecule has 1 atom stereocenters. The molecule has 0 saturated heterocycles. The van der Waals surface area contributed by atoms with Gasteiger partial charge in [-0.3, -0.25) is 0 Å². The van der Waals surface area contributed by atoms with Crippen LogP contribution in [0, 0.1) is 0 Å². The second-order valence-corrected chi connectivity index (χ2v) is 4.60. The maximum atomic E-state index is 6.32. The standard InChI is InChI=1S/C12H10BrClO2/c1-15-11-3-2-8(6-10(11)13)12(14)9-4-5-16-7-9/h2-7,12H,1H3. The molecular formula is C12H10BrClO2. The summed E-state index contributed by atoms with van der Waals surface area (Å²) in [6.07, 6.45) is 3.26. The fraction of sp³-hybridized carbons (Fsp3) is 0.167. The van der Waals surface area contributed by atoms with Crippen molar-refractivity contribution in [2.75, 3.05) is 7.11 Å². The van der Waals surface area contributed by atoms with E-state index in [9.17, 15) is 0 Å². The summed E-state index contributed by atoms with van der Waals surface area (Å²) >= 11 is 9.75. The maximum absolute atomic E-state index is 6.32. The Balaban J connectivity index is 2.31. The van der Waals surface area contributed by atoms with Crippen LogP contribution in [0.1, 0.15) is 16.5 Å². The van der Waals surface area contributed by atoms with Crippen molar-refractivity contribution in [3.8, 4) is 5.75 Å². The molecule has 0 amide bonds. The predicted molar refractivity (Wildman–Crippen MR) is 67.1 cm³/mol. The Morgan fingerprint density at radius 1 is 1.31 bits per heavy atom. The predicted octanol–water partition coefficient (Wildman–Crippen LogP) is 4.38. The van der Waals surface area contributed by atoms with Gasteiger partial charge in [0.05, 0.1) is 29.5 Å². The molecule has 0 spiro atoms. The number of halogens is 2. The third kappa shape index (κ3) is 2.25. The molecule has 0 N–H and O–H groups in total. The monoisotopic (exact) mass is 300 g/mol. The first-order valence-corrected chi connectivity index (χ1v) is 5.95. The lowest BCUT2D eigenvalue weighted by Crippen LogP contribution is -1.92. The highest BCUT2D eigenvalue weighted by Crippen LogP contribution is 2.34. The molecule has 0 saturated carbocycles. The number of furan rings is 1. The zero-order valence-corrected chi connectivity index (χ0v) is 11.0. The molecular weight excluding hydrogens is 291 g/mol. The molecule has 0 aliphatic heterocycles. The molecule has 1 aromatic carbocycles. The van der Waals surface area contributed by atoms with Crippen LogP contribution in [0.25, 0.3) is 0 Å². The minimum Gasteiger partial charge on any atom is -0.496 e. The zero-order chi connectivity index (χ0) is 11.5. The molecule has 0 radical (unpaired) electrons. The first-order valence-electron chi connectivity index (χ1n) is 4.72. The zero-order valence-electron chi connectivity index (χ0n) is 8.61. The average Bonchev–Trinajstić information content (AvgIpc) is 2.81. The van der Waals surface area contributed by atoms with Gasteiger partial charge in [-0.25, -0.2) is 0 Å². The number of alkyl halides is 1. The Bertz CT molecular complexity index is 468. The van der Waals surface area contributed by atoms with Crippen molar-refractivity contribution in [1.29, 1.82) is 0 Å². The van der Waals surface area contributed by atoms with Crippen molar-refractivity contribution in [2.24, 2.45) is 0 Å². The molecule has 0 fully saturated rings. The van der Waals surface area contributed by atoms with Crippen LogP contribution < -0.4 is 4.74 Å². The Morgan fingerprint density at radius 2 is 2.12 bits per heavy atom. The molecule has 2 nitrogen and oxygen atoms in total. The minimum atomic E-state index is -0.207. The van der Waals surface area contributed by atoms with Crippen LogP contribution in [0.2, 0.25) is 0 Å². The molecule has 0 bridgehead atoms. The summed E-state index contributed by atoms with van der Waals surface area (Å²) in [5, 5.41) is -0.207. The van der Waals surface area contributed by atoms with Gasteiger partial charge in [0.1, 0.15) is 5.75 Å². The molecule has 1 heterocycles. The fourth-order valence-electron chi connectivity index (χ4n) is 1.45. The fourth-order valence-corrected chi connectivity index (χ4v) is 2.27. The van der Waals surface area contributed by atoms with Gasteiger partial charge < -0.3 is 9.15 Å². The number of rotatable bonds is 3. The number of methoxy groups -OCH3 is 1. The molecule has 2 rings (SSSR count). The van der Waals surface area contributed by atoms with Gasteiger partial charge in [0.25, 0.3) is 0 Å². The second kappa shape index (κ2) is 4.93. The molecule has 1 aromatic heterocycles. The molecule has 16 heavy (non-hydrogen) atoms. The smallest absolute Gasteiger partial charge is 0.133 e. The van der Waals surface area contributed by atoms with Gasteiger partial charge in [0, 0.05) is 5.56 Å². The van der Waals surface area contributed by atoms with E-state index in [0.29, 0.717) is 0 Å². The van der Waals surface area contributed by atoms with Gasteiger partial charge >= 0.3 is 0 Å². The van der Waals surface area contributed by atoms with Gasteiger partial charge in [-0.1, -0.05) is 6.07 Å². The van der Waals surface area contributed by atoms with E-state index in [1.807, 2.05) is 24.3 Å². The average molecular weight is 302 g/mol. The van der Waals surface area contributed by atoms with Crippen LogP contribution in [0.5, 0.6) is 5.75 Å². The summed E-state index contributed by atoms with van der Waals surface area (Å²) in [6.45, 7) is 0. The summed E-state index contributed by atoms with van der Waals surface area (Å²) in [5.74, 6) is 0.791.